The number of hydrogen-bond donors (Lipinski definition) is 1. The maximum atomic E-state index is 13.7. The predicted octanol–water partition coefficient (Wildman–Crippen LogP) is 6.29. The van der Waals surface area contributed by atoms with Crippen molar-refractivity contribution in [1.82, 2.24) is 10.2 Å². The standard InChI is InChI=1S/C20H13BrF3N3OS2/c1-29-19-26-18(28)17(30-19)14(10-3-5-16-12(6-10)9-25-27-16)7-11-2-4-13(21)8-15(11)20(22,23)24/h2-6,8-9H,7H2,1H3,(H,25,27). The van der Waals surface area contributed by atoms with E-state index in [1.165, 1.54) is 29.6 Å². The third-order valence-corrected chi connectivity index (χ3v) is 7.13. The van der Waals surface area contributed by atoms with Gasteiger partial charge in [-0.2, -0.15) is 23.3 Å². The molecular weight excluding hydrogens is 499 g/mol. The quantitative estimate of drug-likeness (QED) is 0.419. The van der Waals surface area contributed by atoms with Crippen LogP contribution >= 0.6 is 39.5 Å². The van der Waals surface area contributed by atoms with Gasteiger partial charge in [0.05, 0.1) is 22.2 Å². The smallest absolute Gasteiger partial charge is 0.278 e. The van der Waals surface area contributed by atoms with E-state index in [9.17, 15) is 18.0 Å². The summed E-state index contributed by atoms with van der Waals surface area (Å²) in [6.07, 6.45) is -1.14. The Morgan fingerprint density at radius 1 is 1.23 bits per heavy atom. The van der Waals surface area contributed by atoms with Gasteiger partial charge in [0, 0.05) is 9.86 Å². The van der Waals surface area contributed by atoms with Gasteiger partial charge >= 0.3 is 6.18 Å². The van der Waals surface area contributed by atoms with E-state index >= 15 is 0 Å². The third kappa shape index (κ3) is 4.21. The fourth-order valence-electron chi connectivity index (χ4n) is 3.17. The fourth-order valence-corrected chi connectivity index (χ4v) is 5.03. The number of H-pyrrole nitrogens is 1. The Bertz CT molecular complexity index is 1220. The van der Waals surface area contributed by atoms with Crippen LogP contribution in [0.2, 0.25) is 0 Å². The number of nitrogens with zero attached hydrogens (tertiary/aromatic N) is 2. The Balaban J connectivity index is 1.87. The Hall–Kier alpha value is -2.04. The van der Waals surface area contributed by atoms with Crippen LogP contribution in [0.5, 0.6) is 0 Å². The molecule has 10 heteroatoms. The summed E-state index contributed by atoms with van der Waals surface area (Å²) in [5.74, 6) is -0.433. The van der Waals surface area contributed by atoms with Crippen LogP contribution in [0.1, 0.15) is 16.7 Å². The van der Waals surface area contributed by atoms with Crippen LogP contribution < -0.4 is 0 Å². The molecule has 4 nitrogen and oxygen atoms in total. The lowest BCUT2D eigenvalue weighted by Gasteiger charge is -2.16. The SMILES string of the molecule is CSC1=NC(=O)C(=C(Cc2ccc(Br)cc2C(F)(F)F)c2ccc3[nH]ncc3c2)S1. The number of rotatable bonds is 3. The highest BCUT2D eigenvalue weighted by Gasteiger charge is 2.34. The minimum atomic E-state index is -4.52. The minimum absolute atomic E-state index is 0.0588. The van der Waals surface area contributed by atoms with Crippen LogP contribution in [0.25, 0.3) is 16.5 Å². The number of halogens is 4. The minimum Gasteiger partial charge on any atom is -0.278 e. The largest absolute Gasteiger partial charge is 0.416 e. The molecule has 0 saturated heterocycles. The first-order valence-corrected chi connectivity index (χ1v) is 11.5. The van der Waals surface area contributed by atoms with Crippen LogP contribution in [0.3, 0.4) is 0 Å². The highest BCUT2D eigenvalue weighted by molar-refractivity contribution is 9.10. The lowest BCUT2D eigenvalue weighted by Crippen LogP contribution is -2.10. The second kappa shape index (κ2) is 8.24. The van der Waals surface area contributed by atoms with Crippen molar-refractivity contribution in [2.75, 3.05) is 6.26 Å². The molecule has 154 valence electrons. The van der Waals surface area contributed by atoms with E-state index in [1.807, 2.05) is 6.07 Å². The monoisotopic (exact) mass is 511 g/mol. The summed E-state index contributed by atoms with van der Waals surface area (Å²) in [5, 5.41) is 7.64. The number of allylic oxidation sites excluding steroid dienone is 1. The van der Waals surface area contributed by atoms with Crippen molar-refractivity contribution in [1.29, 1.82) is 0 Å². The van der Waals surface area contributed by atoms with Crippen molar-refractivity contribution in [3.8, 4) is 0 Å². The van der Waals surface area contributed by atoms with Gasteiger partial charge in [-0.1, -0.05) is 39.8 Å². The predicted molar refractivity (Wildman–Crippen MR) is 119 cm³/mol. The van der Waals surface area contributed by atoms with E-state index in [2.05, 4.69) is 31.1 Å². The number of nitrogens with one attached hydrogen (secondary N) is 1. The van der Waals surface area contributed by atoms with Crippen LogP contribution in [0.15, 0.2) is 57.0 Å². The van der Waals surface area contributed by atoms with Gasteiger partial charge in [0.2, 0.25) is 0 Å². The molecule has 2 aromatic carbocycles. The van der Waals surface area contributed by atoms with E-state index in [-0.39, 0.29) is 12.0 Å². The van der Waals surface area contributed by atoms with Gasteiger partial charge < -0.3 is 0 Å². The number of aliphatic imine (C=N–C) groups is 1. The second-order valence-corrected chi connectivity index (χ2v) is 9.41. The molecule has 0 spiro atoms. The van der Waals surface area contributed by atoms with Crippen molar-refractivity contribution in [3.05, 3.63) is 68.7 Å². The lowest BCUT2D eigenvalue weighted by molar-refractivity contribution is -0.138. The van der Waals surface area contributed by atoms with Gasteiger partial charge in [0.15, 0.2) is 0 Å². The van der Waals surface area contributed by atoms with Gasteiger partial charge in [0.1, 0.15) is 4.38 Å². The second-order valence-electron chi connectivity index (χ2n) is 6.44. The van der Waals surface area contributed by atoms with E-state index in [1.54, 1.807) is 30.7 Å². The molecule has 2 heterocycles. The molecule has 4 rings (SSSR count). The molecule has 1 aromatic heterocycles. The Morgan fingerprint density at radius 3 is 2.73 bits per heavy atom. The zero-order valence-electron chi connectivity index (χ0n) is 15.4. The number of thioether (sulfide) groups is 2. The Labute approximate surface area is 186 Å². The third-order valence-electron chi connectivity index (χ3n) is 4.56. The first-order valence-electron chi connectivity index (χ1n) is 8.63. The molecule has 3 aromatic rings. The molecule has 1 aliphatic heterocycles. The molecule has 0 aliphatic carbocycles. The number of alkyl halides is 3. The van der Waals surface area contributed by atoms with Gasteiger partial charge in [-0.05, 0) is 53.6 Å². The fraction of sp³-hybridized carbons (Fsp3) is 0.150. The summed E-state index contributed by atoms with van der Waals surface area (Å²) in [6, 6.07) is 9.46. The average molecular weight is 512 g/mol. The normalized spacial score (nSPS) is 16.3. The molecule has 1 aliphatic rings. The highest BCUT2D eigenvalue weighted by atomic mass is 79.9. The van der Waals surface area contributed by atoms with E-state index in [0.29, 0.717) is 24.9 Å². The van der Waals surface area contributed by atoms with Crippen molar-refractivity contribution in [3.63, 3.8) is 0 Å². The topological polar surface area (TPSA) is 58.1 Å². The van der Waals surface area contributed by atoms with Crippen molar-refractivity contribution in [2.45, 2.75) is 12.6 Å². The number of aromatic amines is 1. The number of amides is 1. The number of fused-ring (bicyclic) bond motifs is 1. The van der Waals surface area contributed by atoms with Crippen molar-refractivity contribution < 1.29 is 18.0 Å². The molecule has 0 fully saturated rings. The number of aromatic nitrogens is 2. The van der Waals surface area contributed by atoms with Crippen LogP contribution in [-0.4, -0.2) is 26.7 Å². The zero-order valence-corrected chi connectivity index (χ0v) is 18.6. The highest BCUT2D eigenvalue weighted by Crippen LogP contribution is 2.41. The summed E-state index contributed by atoms with van der Waals surface area (Å²) in [7, 11) is 0. The molecule has 0 unspecified atom stereocenters. The van der Waals surface area contributed by atoms with Gasteiger partial charge in [-0.25, -0.2) is 0 Å². The van der Waals surface area contributed by atoms with Gasteiger partial charge in [-0.3, -0.25) is 9.89 Å². The molecular formula is C20H13BrF3N3OS2. The van der Waals surface area contributed by atoms with Crippen LogP contribution in [0.4, 0.5) is 13.2 Å². The van der Waals surface area contributed by atoms with Gasteiger partial charge in [-0.15, -0.1) is 11.8 Å². The zero-order chi connectivity index (χ0) is 21.5. The van der Waals surface area contributed by atoms with Gasteiger partial charge in [0.25, 0.3) is 5.91 Å². The summed E-state index contributed by atoms with van der Waals surface area (Å²) in [5.41, 5.74) is 1.32. The summed E-state index contributed by atoms with van der Waals surface area (Å²) < 4.78 is 41.9. The maximum Gasteiger partial charge on any atom is 0.416 e. The average Bonchev–Trinajstić information content (AvgIpc) is 3.32. The first-order chi connectivity index (χ1) is 14.3. The lowest BCUT2D eigenvalue weighted by atomic mass is 9.93. The summed E-state index contributed by atoms with van der Waals surface area (Å²) >= 11 is 5.64. The molecule has 0 bridgehead atoms. The maximum absolute atomic E-state index is 13.7. The number of carbonyl (C=O) groups excluding carboxylic acids is 1. The molecule has 30 heavy (non-hydrogen) atoms. The molecule has 0 radical (unpaired) electrons. The Kier molecular flexibility index (Phi) is 5.82. The first kappa shape index (κ1) is 21.2. The number of benzene rings is 2. The molecule has 0 atom stereocenters. The van der Waals surface area contributed by atoms with Crippen LogP contribution in [-0.2, 0) is 17.4 Å². The number of carbonyl (C=O) groups is 1. The molecule has 1 amide bonds. The molecule has 0 saturated carbocycles. The number of hydrogen-bond acceptors (Lipinski definition) is 4. The summed E-state index contributed by atoms with van der Waals surface area (Å²) in [4.78, 5) is 16.9. The van der Waals surface area contributed by atoms with E-state index in [4.69, 9.17) is 0 Å². The van der Waals surface area contributed by atoms with E-state index in [0.717, 1.165) is 17.0 Å². The van der Waals surface area contributed by atoms with E-state index < -0.39 is 17.6 Å². The summed E-state index contributed by atoms with van der Waals surface area (Å²) in [6.45, 7) is 0. The molecule has 1 N–H and O–H groups in total. The Morgan fingerprint density at radius 2 is 2.03 bits per heavy atom. The van der Waals surface area contributed by atoms with Crippen LogP contribution in [0, 0.1) is 0 Å². The van der Waals surface area contributed by atoms with Crippen molar-refractivity contribution >= 4 is 66.2 Å². The van der Waals surface area contributed by atoms with Crippen molar-refractivity contribution in [2.24, 2.45) is 4.99 Å².